The summed E-state index contributed by atoms with van der Waals surface area (Å²) in [6.45, 7) is 6.14. The molecule has 156 valence electrons. The molecule has 1 aliphatic rings. The summed E-state index contributed by atoms with van der Waals surface area (Å²) < 4.78 is 0. The van der Waals surface area contributed by atoms with E-state index in [0.29, 0.717) is 16.3 Å². The molecule has 0 bridgehead atoms. The molecule has 31 heavy (non-hydrogen) atoms. The quantitative estimate of drug-likeness (QED) is 0.531. The van der Waals surface area contributed by atoms with Gasteiger partial charge in [-0.1, -0.05) is 66.2 Å². The van der Waals surface area contributed by atoms with E-state index in [9.17, 15) is 9.59 Å². The molecule has 0 unspecified atom stereocenters. The number of nitrogens with one attached hydrogen (secondary N) is 1. The van der Waals surface area contributed by atoms with E-state index in [4.69, 9.17) is 11.6 Å². The van der Waals surface area contributed by atoms with Crippen LogP contribution >= 0.6 is 11.6 Å². The monoisotopic (exact) mass is 430 g/mol. The van der Waals surface area contributed by atoms with Gasteiger partial charge >= 0.3 is 0 Å². The average molecular weight is 431 g/mol. The molecule has 2 amide bonds. The lowest BCUT2D eigenvalue weighted by molar-refractivity contribution is -0.137. The zero-order chi connectivity index (χ0) is 22.1. The van der Waals surface area contributed by atoms with Gasteiger partial charge in [0.05, 0.1) is 12.1 Å². The number of benzene rings is 3. The summed E-state index contributed by atoms with van der Waals surface area (Å²) in [4.78, 5) is 28.1. The molecule has 0 atom stereocenters. The number of nitrogens with zero attached hydrogens (tertiary/aromatic N) is 1. The molecule has 0 radical (unpaired) electrons. The Hall–Kier alpha value is -3.37. The molecule has 0 aromatic heterocycles. The first-order chi connectivity index (χ1) is 14.8. The second kappa shape index (κ2) is 8.40. The molecule has 3 aromatic rings. The van der Waals surface area contributed by atoms with Crippen molar-refractivity contribution in [3.8, 4) is 0 Å². The minimum Gasteiger partial charge on any atom is -0.350 e. The lowest BCUT2D eigenvalue weighted by atomic mass is 9.99. The Morgan fingerprint density at radius 1 is 0.806 bits per heavy atom. The van der Waals surface area contributed by atoms with Crippen molar-refractivity contribution in [2.75, 3.05) is 5.32 Å². The Balaban J connectivity index is 1.78. The van der Waals surface area contributed by atoms with E-state index in [1.54, 1.807) is 6.07 Å². The molecular weight excluding hydrogens is 408 g/mol. The van der Waals surface area contributed by atoms with E-state index in [-0.39, 0.29) is 24.1 Å². The summed E-state index contributed by atoms with van der Waals surface area (Å²) in [6.07, 6.45) is 0. The van der Waals surface area contributed by atoms with Crippen LogP contribution in [0.1, 0.15) is 27.8 Å². The number of hydrogen-bond donors (Lipinski definition) is 1. The highest BCUT2D eigenvalue weighted by Crippen LogP contribution is 2.33. The SMILES string of the molecule is Cc1ccc(C2=C(Nc3ccc(C)c(Cl)c3)C(=O)N(Cc3ccccc3)C2=O)cc1C. The molecule has 5 heteroatoms. The van der Waals surface area contributed by atoms with Gasteiger partial charge in [-0.2, -0.15) is 0 Å². The molecule has 1 N–H and O–H groups in total. The molecule has 1 heterocycles. The number of carbonyl (C=O) groups excluding carboxylic acids is 2. The van der Waals surface area contributed by atoms with Gasteiger partial charge in [-0.05, 0) is 60.7 Å². The number of anilines is 1. The van der Waals surface area contributed by atoms with Crippen LogP contribution in [0.5, 0.6) is 0 Å². The highest BCUT2D eigenvalue weighted by atomic mass is 35.5. The highest BCUT2D eigenvalue weighted by Gasteiger charge is 2.39. The predicted octanol–water partition coefficient (Wildman–Crippen LogP) is 5.66. The van der Waals surface area contributed by atoms with E-state index < -0.39 is 0 Å². The van der Waals surface area contributed by atoms with E-state index in [1.165, 1.54) is 4.90 Å². The second-order valence-electron chi connectivity index (χ2n) is 7.82. The number of aryl methyl sites for hydroxylation is 3. The lowest BCUT2D eigenvalue weighted by Gasteiger charge is -2.15. The summed E-state index contributed by atoms with van der Waals surface area (Å²) in [7, 11) is 0. The summed E-state index contributed by atoms with van der Waals surface area (Å²) >= 11 is 6.27. The fourth-order valence-corrected chi connectivity index (χ4v) is 3.76. The third kappa shape index (κ3) is 4.12. The van der Waals surface area contributed by atoms with E-state index in [2.05, 4.69) is 5.32 Å². The Morgan fingerprint density at radius 3 is 2.19 bits per heavy atom. The first-order valence-electron chi connectivity index (χ1n) is 10.1. The topological polar surface area (TPSA) is 49.4 Å². The van der Waals surface area contributed by atoms with Gasteiger partial charge in [0, 0.05) is 10.7 Å². The zero-order valence-electron chi connectivity index (χ0n) is 17.7. The first kappa shape index (κ1) is 20.9. The largest absolute Gasteiger partial charge is 0.350 e. The van der Waals surface area contributed by atoms with Gasteiger partial charge in [0.2, 0.25) is 0 Å². The third-order valence-electron chi connectivity index (χ3n) is 5.59. The Bertz CT molecular complexity index is 1220. The molecule has 0 spiro atoms. The number of imide groups is 1. The van der Waals surface area contributed by atoms with Crippen molar-refractivity contribution in [1.29, 1.82) is 0 Å². The van der Waals surface area contributed by atoms with Crippen molar-refractivity contribution in [3.63, 3.8) is 0 Å². The summed E-state index contributed by atoms with van der Waals surface area (Å²) in [5.74, 6) is -0.656. The van der Waals surface area contributed by atoms with E-state index in [0.717, 1.165) is 27.8 Å². The van der Waals surface area contributed by atoms with Crippen molar-refractivity contribution >= 4 is 34.7 Å². The minimum atomic E-state index is -0.348. The fourth-order valence-electron chi connectivity index (χ4n) is 3.58. The lowest BCUT2D eigenvalue weighted by Crippen LogP contribution is -2.32. The minimum absolute atomic E-state index is 0.215. The Kier molecular flexibility index (Phi) is 5.66. The van der Waals surface area contributed by atoms with Crippen LogP contribution in [0.2, 0.25) is 5.02 Å². The van der Waals surface area contributed by atoms with E-state index in [1.807, 2.05) is 81.4 Å². The van der Waals surface area contributed by atoms with Crippen LogP contribution in [0, 0.1) is 20.8 Å². The molecule has 0 aliphatic carbocycles. The third-order valence-corrected chi connectivity index (χ3v) is 6.00. The number of rotatable bonds is 5. The van der Waals surface area contributed by atoms with Crippen molar-refractivity contribution in [2.45, 2.75) is 27.3 Å². The summed E-state index contributed by atoms with van der Waals surface area (Å²) in [5.41, 5.74) is 6.04. The molecule has 1 aliphatic heterocycles. The predicted molar refractivity (Wildman–Crippen MR) is 125 cm³/mol. The molecule has 0 saturated carbocycles. The van der Waals surface area contributed by atoms with Gasteiger partial charge in [-0.15, -0.1) is 0 Å². The van der Waals surface area contributed by atoms with Crippen LogP contribution in [0.4, 0.5) is 5.69 Å². The van der Waals surface area contributed by atoms with Crippen molar-refractivity contribution in [1.82, 2.24) is 4.90 Å². The van der Waals surface area contributed by atoms with Crippen LogP contribution in [0.15, 0.2) is 72.4 Å². The highest BCUT2D eigenvalue weighted by molar-refractivity contribution is 6.36. The number of amides is 2. The van der Waals surface area contributed by atoms with E-state index >= 15 is 0 Å². The maximum atomic E-state index is 13.4. The smallest absolute Gasteiger partial charge is 0.278 e. The molecule has 0 saturated heterocycles. The molecule has 3 aromatic carbocycles. The number of halogens is 1. The standard InChI is InChI=1S/C26H23ClN2O2/c1-16-9-11-20(13-18(16)3)23-24(28-21-12-10-17(2)22(27)14-21)26(31)29(25(23)30)15-19-7-5-4-6-8-19/h4-14,28H,15H2,1-3H3. The van der Waals surface area contributed by atoms with Crippen LogP contribution in [-0.4, -0.2) is 16.7 Å². The van der Waals surface area contributed by atoms with Crippen molar-refractivity contribution in [3.05, 3.63) is 105 Å². The van der Waals surface area contributed by atoms with Gasteiger partial charge < -0.3 is 5.32 Å². The number of hydrogen-bond acceptors (Lipinski definition) is 3. The second-order valence-corrected chi connectivity index (χ2v) is 8.23. The maximum absolute atomic E-state index is 13.4. The van der Waals surface area contributed by atoms with Crippen molar-refractivity contribution < 1.29 is 9.59 Å². The van der Waals surface area contributed by atoms with Crippen LogP contribution < -0.4 is 5.32 Å². The first-order valence-corrected chi connectivity index (χ1v) is 10.5. The normalized spacial score (nSPS) is 13.9. The van der Waals surface area contributed by atoms with Gasteiger partial charge in [0.1, 0.15) is 5.70 Å². The van der Waals surface area contributed by atoms with Gasteiger partial charge in [0.15, 0.2) is 0 Å². The van der Waals surface area contributed by atoms with Crippen molar-refractivity contribution in [2.24, 2.45) is 0 Å². The zero-order valence-corrected chi connectivity index (χ0v) is 18.5. The van der Waals surface area contributed by atoms with Gasteiger partial charge in [-0.3, -0.25) is 14.5 Å². The molecular formula is C26H23ClN2O2. The summed E-state index contributed by atoms with van der Waals surface area (Å²) in [5, 5.41) is 3.76. The summed E-state index contributed by atoms with van der Waals surface area (Å²) in [6, 6.07) is 20.8. The van der Waals surface area contributed by atoms with Gasteiger partial charge in [-0.25, -0.2) is 0 Å². The Labute approximate surface area is 187 Å². The molecule has 4 rings (SSSR count). The fraction of sp³-hybridized carbons (Fsp3) is 0.154. The molecule has 0 fully saturated rings. The average Bonchev–Trinajstić information content (AvgIpc) is 2.98. The molecule has 4 nitrogen and oxygen atoms in total. The van der Waals surface area contributed by atoms with Gasteiger partial charge in [0.25, 0.3) is 11.8 Å². The maximum Gasteiger partial charge on any atom is 0.278 e. The van der Waals surface area contributed by atoms with Crippen LogP contribution in [-0.2, 0) is 16.1 Å². The Morgan fingerprint density at radius 2 is 1.52 bits per heavy atom. The number of carbonyl (C=O) groups is 2. The van der Waals surface area contributed by atoms with Crippen LogP contribution in [0.25, 0.3) is 5.57 Å². The van der Waals surface area contributed by atoms with Crippen LogP contribution in [0.3, 0.4) is 0 Å².